The van der Waals surface area contributed by atoms with E-state index in [-0.39, 0.29) is 5.54 Å². The van der Waals surface area contributed by atoms with Gasteiger partial charge >= 0.3 is 0 Å². The number of benzene rings is 1. The van der Waals surface area contributed by atoms with Crippen LogP contribution in [0, 0.1) is 0 Å². The summed E-state index contributed by atoms with van der Waals surface area (Å²) in [7, 11) is 0. The molecule has 4 heteroatoms. The number of imidazole rings is 1. The van der Waals surface area contributed by atoms with Crippen LogP contribution in [-0.2, 0) is 18.5 Å². The molecule has 2 nitrogen and oxygen atoms in total. The Labute approximate surface area is 180 Å². The summed E-state index contributed by atoms with van der Waals surface area (Å²) in [5, 5.41) is 1.31. The lowest BCUT2D eigenvalue weighted by Gasteiger charge is -2.30. The van der Waals surface area contributed by atoms with Crippen molar-refractivity contribution in [2.24, 2.45) is 0 Å². The number of hydrogen-bond acceptors (Lipinski definition) is 0. The molecular formula is C24H33Cl2N2+. The molecule has 1 atom stereocenters. The minimum Gasteiger partial charge on any atom is -0.219 e. The SMILES string of the molecule is CCCCCCCCC[n+]1cn(C2(CC)C=Cc3ccccc3C2)c(Cl)c1Cl. The zero-order chi connectivity index (χ0) is 20.0. The fourth-order valence-electron chi connectivity index (χ4n) is 4.23. The maximum absolute atomic E-state index is 6.72. The van der Waals surface area contributed by atoms with Crippen LogP contribution in [0.3, 0.4) is 0 Å². The molecule has 1 aromatic carbocycles. The third-order valence-electron chi connectivity index (χ3n) is 6.11. The molecule has 152 valence electrons. The summed E-state index contributed by atoms with van der Waals surface area (Å²) in [6.07, 6.45) is 17.6. The molecule has 0 radical (unpaired) electrons. The first-order chi connectivity index (χ1) is 13.6. The standard InChI is InChI=1S/C24H33Cl2N2/c1-3-5-6-7-8-9-12-17-27-19-28(23(26)22(27)25)24(4-2)16-15-20-13-10-11-14-21(20)18-24/h10-11,13-16,19H,3-9,12,17-18H2,1-2H3/q+1. The molecule has 0 saturated heterocycles. The van der Waals surface area contributed by atoms with E-state index in [4.69, 9.17) is 23.2 Å². The fourth-order valence-corrected chi connectivity index (χ4v) is 4.77. The minimum absolute atomic E-state index is 0.152. The van der Waals surface area contributed by atoms with Crippen molar-refractivity contribution in [3.8, 4) is 0 Å². The molecule has 0 fully saturated rings. The molecule has 1 aliphatic carbocycles. The van der Waals surface area contributed by atoms with Crippen LogP contribution >= 0.6 is 23.2 Å². The normalized spacial score (nSPS) is 18.4. The van der Waals surface area contributed by atoms with Gasteiger partial charge in [-0.2, -0.15) is 0 Å². The van der Waals surface area contributed by atoms with Crippen molar-refractivity contribution < 1.29 is 4.57 Å². The Morgan fingerprint density at radius 3 is 2.46 bits per heavy atom. The summed E-state index contributed by atoms with van der Waals surface area (Å²) in [5.74, 6) is 0. The van der Waals surface area contributed by atoms with Gasteiger partial charge in [0.15, 0.2) is 0 Å². The van der Waals surface area contributed by atoms with E-state index in [2.05, 4.69) is 65.7 Å². The number of hydrogen-bond donors (Lipinski definition) is 0. The molecule has 2 aromatic rings. The van der Waals surface area contributed by atoms with Gasteiger partial charge in [0.25, 0.3) is 10.3 Å². The van der Waals surface area contributed by atoms with Gasteiger partial charge in [-0.25, -0.2) is 9.13 Å². The molecule has 1 unspecified atom stereocenters. The fraction of sp³-hybridized carbons (Fsp3) is 0.542. The minimum atomic E-state index is -0.152. The number of nitrogens with zero attached hydrogens (tertiary/aromatic N) is 2. The van der Waals surface area contributed by atoms with E-state index in [1.165, 1.54) is 49.7 Å². The number of halogens is 2. The lowest BCUT2D eigenvalue weighted by Crippen LogP contribution is -2.38. The molecule has 0 aliphatic heterocycles. The topological polar surface area (TPSA) is 8.81 Å². The molecule has 0 N–H and O–H groups in total. The van der Waals surface area contributed by atoms with Gasteiger partial charge in [-0.05, 0) is 59.7 Å². The third kappa shape index (κ3) is 4.66. The summed E-state index contributed by atoms with van der Waals surface area (Å²) < 4.78 is 4.31. The van der Waals surface area contributed by atoms with Gasteiger partial charge in [0.05, 0.1) is 6.54 Å². The Balaban J connectivity index is 1.70. The monoisotopic (exact) mass is 419 g/mol. The molecule has 1 aromatic heterocycles. The molecule has 28 heavy (non-hydrogen) atoms. The Morgan fingerprint density at radius 2 is 1.71 bits per heavy atom. The van der Waals surface area contributed by atoms with Crippen molar-refractivity contribution in [1.29, 1.82) is 0 Å². The Morgan fingerprint density at radius 1 is 1.00 bits per heavy atom. The van der Waals surface area contributed by atoms with Crippen LogP contribution < -0.4 is 4.57 Å². The summed E-state index contributed by atoms with van der Waals surface area (Å²) >= 11 is 13.3. The maximum atomic E-state index is 6.72. The summed E-state index contributed by atoms with van der Waals surface area (Å²) in [6, 6.07) is 8.60. The van der Waals surface area contributed by atoms with Crippen molar-refractivity contribution in [1.82, 2.24) is 4.57 Å². The average molecular weight is 420 g/mol. The quantitative estimate of drug-likeness (QED) is 0.284. The zero-order valence-electron chi connectivity index (χ0n) is 17.3. The predicted octanol–water partition coefficient (Wildman–Crippen LogP) is 7.21. The van der Waals surface area contributed by atoms with Crippen molar-refractivity contribution in [2.75, 3.05) is 0 Å². The number of fused-ring (bicyclic) bond motifs is 1. The van der Waals surface area contributed by atoms with Crippen molar-refractivity contribution in [3.05, 3.63) is 58.1 Å². The van der Waals surface area contributed by atoms with Crippen LogP contribution in [0.1, 0.15) is 76.3 Å². The van der Waals surface area contributed by atoms with E-state index in [1.54, 1.807) is 0 Å². The molecule has 0 spiro atoms. The zero-order valence-corrected chi connectivity index (χ0v) is 18.8. The number of unbranched alkanes of at least 4 members (excludes halogenated alkanes) is 6. The van der Waals surface area contributed by atoms with Crippen molar-refractivity contribution in [2.45, 2.75) is 83.7 Å². The van der Waals surface area contributed by atoms with Crippen LogP contribution in [-0.4, -0.2) is 4.57 Å². The predicted molar refractivity (Wildman–Crippen MR) is 120 cm³/mol. The number of rotatable bonds is 10. The molecular weight excluding hydrogens is 387 g/mol. The van der Waals surface area contributed by atoms with E-state index in [9.17, 15) is 0 Å². The van der Waals surface area contributed by atoms with Gasteiger partial charge in [0.1, 0.15) is 5.54 Å². The Kier molecular flexibility index (Phi) is 7.65. The first kappa shape index (κ1) is 21.5. The lowest BCUT2D eigenvalue weighted by atomic mass is 9.81. The van der Waals surface area contributed by atoms with Gasteiger partial charge in [0, 0.05) is 6.42 Å². The lowest BCUT2D eigenvalue weighted by molar-refractivity contribution is -0.695. The first-order valence-corrected chi connectivity index (χ1v) is 11.6. The number of aromatic nitrogens is 2. The van der Waals surface area contributed by atoms with E-state index in [1.807, 2.05) is 0 Å². The molecule has 0 bridgehead atoms. The van der Waals surface area contributed by atoms with Crippen LogP contribution in [0.5, 0.6) is 0 Å². The summed E-state index contributed by atoms with van der Waals surface area (Å²) in [5.41, 5.74) is 2.52. The highest BCUT2D eigenvalue weighted by Gasteiger charge is 2.39. The van der Waals surface area contributed by atoms with Crippen molar-refractivity contribution >= 4 is 29.3 Å². The number of aryl methyl sites for hydroxylation is 1. The average Bonchev–Trinajstić information content (AvgIpc) is 3.01. The molecule has 0 saturated carbocycles. The molecule has 3 rings (SSSR count). The molecule has 0 amide bonds. The summed E-state index contributed by atoms with van der Waals surface area (Å²) in [6.45, 7) is 5.42. The summed E-state index contributed by atoms with van der Waals surface area (Å²) in [4.78, 5) is 0. The van der Waals surface area contributed by atoms with E-state index in [0.717, 1.165) is 25.8 Å². The molecule has 1 aliphatic rings. The van der Waals surface area contributed by atoms with Crippen LogP contribution in [0.4, 0.5) is 0 Å². The van der Waals surface area contributed by atoms with Gasteiger partial charge in [-0.1, -0.05) is 76.3 Å². The first-order valence-electron chi connectivity index (χ1n) is 10.8. The highest BCUT2D eigenvalue weighted by Crippen LogP contribution is 2.37. The highest BCUT2D eigenvalue weighted by atomic mass is 35.5. The Hall–Kier alpha value is -1.25. The largest absolute Gasteiger partial charge is 0.255 e. The van der Waals surface area contributed by atoms with Gasteiger partial charge in [0.2, 0.25) is 6.33 Å². The third-order valence-corrected chi connectivity index (χ3v) is 6.96. The van der Waals surface area contributed by atoms with Crippen LogP contribution in [0.25, 0.3) is 6.08 Å². The van der Waals surface area contributed by atoms with Crippen molar-refractivity contribution in [3.63, 3.8) is 0 Å². The van der Waals surface area contributed by atoms with Gasteiger partial charge in [-0.15, -0.1) is 0 Å². The van der Waals surface area contributed by atoms with E-state index < -0.39 is 0 Å². The van der Waals surface area contributed by atoms with Crippen LogP contribution in [0.2, 0.25) is 10.3 Å². The number of allylic oxidation sites excluding steroid dienone is 1. The van der Waals surface area contributed by atoms with Crippen LogP contribution in [0.15, 0.2) is 36.7 Å². The van der Waals surface area contributed by atoms with E-state index >= 15 is 0 Å². The van der Waals surface area contributed by atoms with E-state index in [0.29, 0.717) is 10.3 Å². The second-order valence-electron chi connectivity index (χ2n) is 8.05. The smallest absolute Gasteiger partial charge is 0.219 e. The highest BCUT2D eigenvalue weighted by molar-refractivity contribution is 6.39. The van der Waals surface area contributed by atoms with Gasteiger partial charge in [-0.3, -0.25) is 0 Å². The Bertz CT molecular complexity index is 809. The second kappa shape index (κ2) is 9.98. The maximum Gasteiger partial charge on any atom is 0.255 e. The van der Waals surface area contributed by atoms with Gasteiger partial charge < -0.3 is 0 Å². The second-order valence-corrected chi connectivity index (χ2v) is 8.76. The molecule has 1 heterocycles.